The van der Waals surface area contributed by atoms with Crippen molar-refractivity contribution in [3.8, 4) is 0 Å². The molecule has 0 saturated heterocycles. The largest absolute Gasteiger partial charge is 0.326 e. The molecule has 7 heteroatoms. The van der Waals surface area contributed by atoms with Gasteiger partial charge in [-0.25, -0.2) is 0 Å². The number of rotatable bonds is 6. The number of carbonyl (C=O) groups excluding carboxylic acids is 2. The average Bonchev–Trinajstić information content (AvgIpc) is 3.02. The lowest BCUT2D eigenvalue weighted by Crippen LogP contribution is -2.13. The lowest BCUT2D eigenvalue weighted by molar-refractivity contribution is -0.116. The van der Waals surface area contributed by atoms with Crippen LogP contribution in [0, 0.1) is 0 Å². The van der Waals surface area contributed by atoms with Gasteiger partial charge >= 0.3 is 0 Å². The van der Waals surface area contributed by atoms with E-state index in [0.717, 1.165) is 17.8 Å². The minimum Gasteiger partial charge on any atom is -0.326 e. The predicted octanol–water partition coefficient (Wildman–Crippen LogP) is 4.22. The second kappa shape index (κ2) is 8.20. The third-order valence-electron chi connectivity index (χ3n) is 3.48. The SMILES string of the molecule is CCCCC(=O)Nc1ccc(C(=O)Nc2nnc(C(C)(C)C)s2)cc1. The van der Waals surface area contributed by atoms with Crippen molar-refractivity contribution in [2.45, 2.75) is 52.4 Å². The summed E-state index contributed by atoms with van der Waals surface area (Å²) in [5.41, 5.74) is 1.08. The van der Waals surface area contributed by atoms with Crippen LogP contribution in [0.2, 0.25) is 0 Å². The second-order valence-electron chi connectivity index (χ2n) is 6.85. The Balaban J connectivity index is 1.96. The Morgan fingerprint density at radius 2 is 1.76 bits per heavy atom. The van der Waals surface area contributed by atoms with E-state index in [0.29, 0.717) is 22.8 Å². The average molecular weight is 360 g/mol. The molecule has 2 amide bonds. The van der Waals surface area contributed by atoms with Gasteiger partial charge in [0.1, 0.15) is 5.01 Å². The molecule has 0 radical (unpaired) electrons. The molecule has 2 aromatic rings. The summed E-state index contributed by atoms with van der Waals surface area (Å²) in [5, 5.41) is 15.1. The Kier molecular flexibility index (Phi) is 6.25. The summed E-state index contributed by atoms with van der Waals surface area (Å²) < 4.78 is 0. The molecule has 0 aliphatic heterocycles. The maximum Gasteiger partial charge on any atom is 0.257 e. The van der Waals surface area contributed by atoms with Crippen LogP contribution in [0.15, 0.2) is 24.3 Å². The van der Waals surface area contributed by atoms with Crippen LogP contribution in [0.5, 0.6) is 0 Å². The molecule has 0 saturated carbocycles. The van der Waals surface area contributed by atoms with Gasteiger partial charge in [-0.3, -0.25) is 14.9 Å². The molecular formula is C18H24N4O2S. The molecule has 0 aliphatic rings. The highest BCUT2D eigenvalue weighted by molar-refractivity contribution is 7.15. The molecule has 2 rings (SSSR count). The Morgan fingerprint density at radius 3 is 2.32 bits per heavy atom. The van der Waals surface area contributed by atoms with Crippen molar-refractivity contribution in [2.75, 3.05) is 10.6 Å². The quantitative estimate of drug-likeness (QED) is 0.808. The zero-order chi connectivity index (χ0) is 18.4. The summed E-state index contributed by atoms with van der Waals surface area (Å²) in [5.74, 6) is -0.261. The number of hydrogen-bond donors (Lipinski definition) is 2. The fourth-order valence-electron chi connectivity index (χ4n) is 2.01. The van der Waals surface area contributed by atoms with Crippen molar-refractivity contribution in [3.05, 3.63) is 34.8 Å². The molecule has 25 heavy (non-hydrogen) atoms. The maximum atomic E-state index is 12.3. The van der Waals surface area contributed by atoms with Crippen LogP contribution in [-0.2, 0) is 10.2 Å². The third kappa shape index (κ3) is 5.63. The number of nitrogens with zero attached hydrogens (tertiary/aromatic N) is 2. The first-order valence-electron chi connectivity index (χ1n) is 8.35. The van der Waals surface area contributed by atoms with Crippen LogP contribution in [0.25, 0.3) is 0 Å². The molecule has 1 aromatic heterocycles. The van der Waals surface area contributed by atoms with Crippen LogP contribution in [0.4, 0.5) is 10.8 Å². The van der Waals surface area contributed by atoms with E-state index in [1.54, 1.807) is 24.3 Å². The van der Waals surface area contributed by atoms with E-state index in [9.17, 15) is 9.59 Å². The lowest BCUT2D eigenvalue weighted by Gasteiger charge is -2.12. The summed E-state index contributed by atoms with van der Waals surface area (Å²) in [6.45, 7) is 8.19. The Bertz CT molecular complexity index is 732. The van der Waals surface area contributed by atoms with E-state index in [1.165, 1.54) is 11.3 Å². The Labute approximate surface area is 152 Å². The summed E-state index contributed by atoms with van der Waals surface area (Å²) in [6.07, 6.45) is 2.35. The van der Waals surface area contributed by atoms with Crippen LogP contribution in [0.1, 0.15) is 62.3 Å². The van der Waals surface area contributed by atoms with Gasteiger partial charge in [0.25, 0.3) is 5.91 Å². The molecule has 0 fully saturated rings. The number of carbonyl (C=O) groups is 2. The van der Waals surface area contributed by atoms with Gasteiger partial charge in [0.05, 0.1) is 0 Å². The molecule has 0 aliphatic carbocycles. The first-order valence-corrected chi connectivity index (χ1v) is 9.16. The maximum absolute atomic E-state index is 12.3. The third-order valence-corrected chi connectivity index (χ3v) is 4.74. The summed E-state index contributed by atoms with van der Waals surface area (Å²) >= 11 is 1.37. The number of aromatic nitrogens is 2. The minimum absolute atomic E-state index is 0.0115. The van der Waals surface area contributed by atoms with Gasteiger partial charge in [-0.1, -0.05) is 45.5 Å². The molecule has 0 bridgehead atoms. The van der Waals surface area contributed by atoms with Gasteiger partial charge in [-0.05, 0) is 30.7 Å². The predicted molar refractivity (Wildman–Crippen MR) is 101 cm³/mol. The Morgan fingerprint density at radius 1 is 1.08 bits per heavy atom. The minimum atomic E-state index is -0.250. The molecule has 1 heterocycles. The second-order valence-corrected chi connectivity index (χ2v) is 7.82. The van der Waals surface area contributed by atoms with Gasteiger partial charge in [0.15, 0.2) is 0 Å². The van der Waals surface area contributed by atoms with Crippen molar-refractivity contribution in [1.29, 1.82) is 0 Å². The van der Waals surface area contributed by atoms with E-state index >= 15 is 0 Å². The van der Waals surface area contributed by atoms with E-state index in [2.05, 4.69) is 20.8 Å². The van der Waals surface area contributed by atoms with Gasteiger partial charge in [0.2, 0.25) is 11.0 Å². The lowest BCUT2D eigenvalue weighted by atomic mass is 9.98. The number of anilines is 2. The molecule has 1 aromatic carbocycles. The fraction of sp³-hybridized carbons (Fsp3) is 0.444. The monoisotopic (exact) mass is 360 g/mol. The topological polar surface area (TPSA) is 84.0 Å². The highest BCUT2D eigenvalue weighted by Crippen LogP contribution is 2.27. The van der Waals surface area contributed by atoms with Crippen molar-refractivity contribution in [1.82, 2.24) is 10.2 Å². The fourth-order valence-corrected chi connectivity index (χ4v) is 2.81. The van der Waals surface area contributed by atoms with Crippen LogP contribution in [0.3, 0.4) is 0 Å². The number of hydrogen-bond acceptors (Lipinski definition) is 5. The summed E-state index contributed by atoms with van der Waals surface area (Å²) in [7, 11) is 0. The molecular weight excluding hydrogens is 336 g/mol. The zero-order valence-electron chi connectivity index (χ0n) is 15.0. The molecule has 0 spiro atoms. The highest BCUT2D eigenvalue weighted by Gasteiger charge is 2.20. The molecule has 6 nitrogen and oxygen atoms in total. The smallest absolute Gasteiger partial charge is 0.257 e. The standard InChI is InChI=1S/C18H24N4O2S/c1-5-6-7-14(23)19-13-10-8-12(9-11-13)15(24)20-17-22-21-16(25-17)18(2,3)4/h8-11H,5-7H2,1-4H3,(H,19,23)(H,20,22,24). The van der Waals surface area contributed by atoms with Crippen LogP contribution >= 0.6 is 11.3 Å². The van der Waals surface area contributed by atoms with E-state index in [-0.39, 0.29) is 17.2 Å². The van der Waals surface area contributed by atoms with Gasteiger partial charge < -0.3 is 5.32 Å². The van der Waals surface area contributed by atoms with Gasteiger partial charge in [0, 0.05) is 23.1 Å². The van der Waals surface area contributed by atoms with Crippen LogP contribution in [-0.4, -0.2) is 22.0 Å². The van der Waals surface area contributed by atoms with Crippen molar-refractivity contribution in [3.63, 3.8) is 0 Å². The normalized spacial score (nSPS) is 11.2. The molecule has 0 atom stereocenters. The molecule has 134 valence electrons. The van der Waals surface area contributed by atoms with Crippen LogP contribution < -0.4 is 10.6 Å². The van der Waals surface area contributed by atoms with E-state index in [1.807, 2.05) is 27.7 Å². The Hall–Kier alpha value is -2.28. The number of nitrogens with one attached hydrogen (secondary N) is 2. The van der Waals surface area contributed by atoms with E-state index < -0.39 is 0 Å². The van der Waals surface area contributed by atoms with Crippen molar-refractivity contribution < 1.29 is 9.59 Å². The molecule has 0 unspecified atom stereocenters. The first kappa shape index (κ1) is 19.1. The van der Waals surface area contributed by atoms with Crippen molar-refractivity contribution in [2.24, 2.45) is 0 Å². The highest BCUT2D eigenvalue weighted by atomic mass is 32.1. The van der Waals surface area contributed by atoms with E-state index in [4.69, 9.17) is 0 Å². The molecule has 2 N–H and O–H groups in total. The first-order chi connectivity index (χ1) is 11.8. The van der Waals surface area contributed by atoms with Gasteiger partial charge in [-0.15, -0.1) is 10.2 Å². The zero-order valence-corrected chi connectivity index (χ0v) is 15.9. The number of unbranched alkanes of at least 4 members (excludes halogenated alkanes) is 1. The summed E-state index contributed by atoms with van der Waals surface area (Å²) in [4.78, 5) is 24.0. The van der Waals surface area contributed by atoms with Crippen molar-refractivity contribution >= 4 is 34.0 Å². The van der Waals surface area contributed by atoms with Gasteiger partial charge in [-0.2, -0.15) is 0 Å². The number of amides is 2. The number of benzene rings is 1. The summed E-state index contributed by atoms with van der Waals surface area (Å²) in [6, 6.07) is 6.80.